The van der Waals surface area contributed by atoms with Crippen LogP contribution in [0.3, 0.4) is 0 Å². The number of hydrogen-bond donors (Lipinski definition) is 1. The van der Waals surface area contributed by atoms with Gasteiger partial charge in [-0.3, -0.25) is 14.5 Å². The Balaban J connectivity index is 1.61. The molecule has 1 amide bonds. The molecule has 1 saturated heterocycles. The van der Waals surface area contributed by atoms with Gasteiger partial charge in [0.1, 0.15) is 11.5 Å². The summed E-state index contributed by atoms with van der Waals surface area (Å²) < 4.78 is 54.9. The largest absolute Gasteiger partial charge is 0.483 e. The Bertz CT molecular complexity index is 1240. The van der Waals surface area contributed by atoms with E-state index in [9.17, 15) is 26.8 Å². The maximum Gasteiger partial charge on any atom is 0.260 e. The molecular formula is C24H28ClF2N3O5S. The van der Waals surface area contributed by atoms with Crippen molar-refractivity contribution in [2.24, 2.45) is 5.14 Å². The van der Waals surface area contributed by atoms with E-state index in [0.717, 1.165) is 6.07 Å². The third kappa shape index (κ3) is 7.70. The summed E-state index contributed by atoms with van der Waals surface area (Å²) in [5, 5.41) is 5.26. The fourth-order valence-electron chi connectivity index (χ4n) is 4.18. The van der Waals surface area contributed by atoms with Crippen molar-refractivity contribution >= 4 is 33.3 Å². The number of carbonyl (C=O) groups excluding carboxylic acids is 2. The van der Waals surface area contributed by atoms with Gasteiger partial charge in [-0.15, -0.1) is 0 Å². The predicted octanol–water partition coefficient (Wildman–Crippen LogP) is 2.52. The minimum absolute atomic E-state index is 0.0415. The van der Waals surface area contributed by atoms with Gasteiger partial charge < -0.3 is 9.64 Å². The molecule has 0 bridgehead atoms. The normalized spacial score (nSPS) is 18.8. The molecule has 12 heteroatoms. The molecule has 2 atom stereocenters. The number of primary sulfonamides is 1. The van der Waals surface area contributed by atoms with Crippen molar-refractivity contribution in [2.75, 3.05) is 25.4 Å². The Morgan fingerprint density at radius 2 is 1.81 bits per heavy atom. The highest BCUT2D eigenvalue weighted by Gasteiger charge is 2.32. The summed E-state index contributed by atoms with van der Waals surface area (Å²) in [4.78, 5) is 28.8. The molecule has 0 saturated carbocycles. The van der Waals surface area contributed by atoms with E-state index in [1.807, 2.05) is 13.8 Å². The zero-order chi connectivity index (χ0) is 26.6. The SMILES string of the molecule is C[C@@H]1CN(Cc2ccc(F)c(F)c2)[C@@H](C)CN1C(=O)COc1ccc(Cl)cc1CC(=O)CS(N)(=O)=O. The lowest BCUT2D eigenvalue weighted by Crippen LogP contribution is -2.58. The zero-order valence-electron chi connectivity index (χ0n) is 19.9. The molecule has 1 heterocycles. The summed E-state index contributed by atoms with van der Waals surface area (Å²) in [5.74, 6) is -3.26. The second-order valence-corrected chi connectivity index (χ2v) is 11.0. The molecule has 8 nitrogen and oxygen atoms in total. The lowest BCUT2D eigenvalue weighted by Gasteiger charge is -2.44. The van der Waals surface area contributed by atoms with Gasteiger partial charge in [-0.05, 0) is 49.7 Å². The minimum atomic E-state index is -3.97. The van der Waals surface area contributed by atoms with Gasteiger partial charge in [0.25, 0.3) is 5.91 Å². The van der Waals surface area contributed by atoms with Gasteiger partial charge in [0.15, 0.2) is 24.0 Å². The summed E-state index contributed by atoms with van der Waals surface area (Å²) in [6.07, 6.45) is -0.267. The monoisotopic (exact) mass is 543 g/mol. The lowest BCUT2D eigenvalue weighted by molar-refractivity contribution is -0.139. The van der Waals surface area contributed by atoms with Crippen LogP contribution >= 0.6 is 11.6 Å². The second kappa shape index (κ2) is 11.6. The molecule has 0 spiro atoms. The number of hydrogen-bond acceptors (Lipinski definition) is 6. The van der Waals surface area contributed by atoms with E-state index >= 15 is 0 Å². The summed E-state index contributed by atoms with van der Waals surface area (Å²) in [5.41, 5.74) is 0.991. The summed E-state index contributed by atoms with van der Waals surface area (Å²) in [6, 6.07) is 8.14. The van der Waals surface area contributed by atoms with Crippen molar-refractivity contribution in [3.8, 4) is 5.75 Å². The zero-order valence-corrected chi connectivity index (χ0v) is 21.5. The fraction of sp³-hybridized carbons (Fsp3) is 0.417. The Morgan fingerprint density at radius 1 is 1.08 bits per heavy atom. The maximum atomic E-state index is 13.6. The van der Waals surface area contributed by atoms with Crippen LogP contribution in [0, 0.1) is 11.6 Å². The molecule has 0 aromatic heterocycles. The lowest BCUT2D eigenvalue weighted by atomic mass is 10.1. The molecule has 1 fully saturated rings. The minimum Gasteiger partial charge on any atom is -0.483 e. The summed E-state index contributed by atoms with van der Waals surface area (Å²) >= 11 is 6.01. The topological polar surface area (TPSA) is 110 Å². The first-order chi connectivity index (χ1) is 16.8. The Morgan fingerprint density at radius 3 is 2.47 bits per heavy atom. The van der Waals surface area contributed by atoms with E-state index in [1.165, 1.54) is 24.3 Å². The van der Waals surface area contributed by atoms with Crippen LogP contribution in [-0.2, 0) is 32.6 Å². The number of ether oxygens (including phenoxy) is 1. The number of amides is 1. The predicted molar refractivity (Wildman–Crippen MR) is 131 cm³/mol. The molecule has 36 heavy (non-hydrogen) atoms. The number of nitrogens with two attached hydrogens (primary N) is 1. The van der Waals surface area contributed by atoms with E-state index in [2.05, 4.69) is 4.90 Å². The Kier molecular flexibility index (Phi) is 9.04. The van der Waals surface area contributed by atoms with Crippen LogP contribution in [0.2, 0.25) is 5.02 Å². The molecule has 2 aromatic carbocycles. The van der Waals surface area contributed by atoms with Crippen molar-refractivity contribution in [3.05, 3.63) is 64.2 Å². The van der Waals surface area contributed by atoms with E-state index in [1.54, 1.807) is 11.0 Å². The smallest absolute Gasteiger partial charge is 0.260 e. The van der Waals surface area contributed by atoms with Crippen molar-refractivity contribution in [1.29, 1.82) is 0 Å². The van der Waals surface area contributed by atoms with Crippen molar-refractivity contribution in [3.63, 3.8) is 0 Å². The van der Waals surface area contributed by atoms with Crippen LogP contribution in [0.15, 0.2) is 36.4 Å². The van der Waals surface area contributed by atoms with Gasteiger partial charge in [-0.1, -0.05) is 17.7 Å². The number of nitrogens with zero attached hydrogens (tertiary/aromatic N) is 2. The van der Waals surface area contributed by atoms with Gasteiger partial charge >= 0.3 is 0 Å². The highest BCUT2D eigenvalue weighted by atomic mass is 35.5. The Labute approximate surface area is 214 Å². The van der Waals surface area contributed by atoms with Crippen molar-refractivity contribution < 1.29 is 31.5 Å². The molecule has 0 radical (unpaired) electrons. The number of Topliss-reactive ketones (excluding diaryl/α,β-unsaturated/α-hetero) is 1. The molecular weight excluding hydrogens is 516 g/mol. The number of sulfonamides is 1. The number of carbonyl (C=O) groups is 2. The first-order valence-corrected chi connectivity index (χ1v) is 13.3. The third-order valence-electron chi connectivity index (χ3n) is 5.93. The molecule has 196 valence electrons. The standard InChI is InChI=1S/C24H28ClF2N3O5S/c1-15-11-30(16(2)10-29(15)12-17-3-5-21(26)22(27)7-17)24(32)13-35-23-6-4-19(25)8-18(23)9-20(31)14-36(28,33)34/h3-8,15-16H,9-14H2,1-2H3,(H2,28,33,34)/t15-,16+/m0/s1. The highest BCUT2D eigenvalue weighted by Crippen LogP contribution is 2.25. The average molecular weight is 544 g/mol. The molecule has 1 aliphatic rings. The first kappa shape index (κ1) is 28.0. The van der Waals surface area contributed by atoms with Crippen LogP contribution in [0.5, 0.6) is 5.75 Å². The van der Waals surface area contributed by atoms with E-state index in [4.69, 9.17) is 21.5 Å². The molecule has 2 aromatic rings. The second-order valence-electron chi connectivity index (χ2n) is 8.99. The molecule has 3 rings (SSSR count). The van der Waals surface area contributed by atoms with Gasteiger partial charge in [0, 0.05) is 48.7 Å². The van der Waals surface area contributed by atoms with Crippen molar-refractivity contribution in [1.82, 2.24) is 9.80 Å². The van der Waals surface area contributed by atoms with E-state index in [-0.39, 0.29) is 36.8 Å². The number of piperazine rings is 1. The first-order valence-electron chi connectivity index (χ1n) is 11.2. The van der Waals surface area contributed by atoms with Crippen LogP contribution in [0.4, 0.5) is 8.78 Å². The summed E-state index contributed by atoms with van der Waals surface area (Å²) in [7, 11) is -3.97. The maximum absolute atomic E-state index is 13.6. The quantitative estimate of drug-likeness (QED) is 0.520. The van der Waals surface area contributed by atoms with Crippen LogP contribution in [0.1, 0.15) is 25.0 Å². The van der Waals surface area contributed by atoms with Gasteiger partial charge in [0.05, 0.1) is 0 Å². The summed E-state index contributed by atoms with van der Waals surface area (Å²) in [6.45, 7) is 4.90. The number of ketones is 1. The van der Waals surface area contributed by atoms with Gasteiger partial charge in [0.2, 0.25) is 10.0 Å². The number of rotatable bonds is 9. The van der Waals surface area contributed by atoms with Gasteiger partial charge in [-0.25, -0.2) is 22.3 Å². The third-order valence-corrected chi connectivity index (χ3v) is 6.89. The van der Waals surface area contributed by atoms with Crippen molar-refractivity contribution in [2.45, 2.75) is 38.9 Å². The number of benzene rings is 2. The molecule has 2 N–H and O–H groups in total. The van der Waals surface area contributed by atoms with Crippen LogP contribution in [0.25, 0.3) is 0 Å². The Hall–Kier alpha value is -2.60. The number of halogens is 3. The van der Waals surface area contributed by atoms with Crippen LogP contribution < -0.4 is 9.88 Å². The fourth-order valence-corrected chi connectivity index (χ4v) is 4.92. The highest BCUT2D eigenvalue weighted by molar-refractivity contribution is 7.89. The molecule has 0 aliphatic carbocycles. The average Bonchev–Trinajstić information content (AvgIpc) is 2.76. The molecule has 0 unspecified atom stereocenters. The molecule has 1 aliphatic heterocycles. The van der Waals surface area contributed by atoms with E-state index < -0.39 is 33.2 Å². The van der Waals surface area contributed by atoms with Gasteiger partial charge in [-0.2, -0.15) is 0 Å². The van der Waals surface area contributed by atoms with E-state index in [0.29, 0.717) is 35.8 Å². The van der Waals surface area contributed by atoms with Crippen LogP contribution in [-0.4, -0.2) is 67.4 Å².